The quantitative estimate of drug-likeness (QED) is 0.145. The first-order valence-electron chi connectivity index (χ1n) is 14.3. The maximum Gasteiger partial charge on any atom is 0.573 e. The van der Waals surface area contributed by atoms with Gasteiger partial charge in [-0.05, 0) is 71.3 Å². The lowest BCUT2D eigenvalue weighted by Crippen LogP contribution is -2.49. The van der Waals surface area contributed by atoms with Crippen LogP contribution in [-0.4, -0.2) is 42.0 Å². The molecular weight excluding hydrogens is 733 g/mol. The van der Waals surface area contributed by atoms with E-state index < -0.39 is 23.9 Å². The van der Waals surface area contributed by atoms with Crippen LogP contribution in [0.1, 0.15) is 34.8 Å². The second kappa shape index (κ2) is 14.7. The SMILES string of the molecule is O=C(NCc1ccc(OC(F)(F)F)cc1)[C@]1(Cc2ccccc2Br)N=C(c2ccc(OCCCO)cc2)O[C@@H]1c1ccc(Br)cc1. The molecule has 0 spiro atoms. The first-order chi connectivity index (χ1) is 22.1. The Kier molecular flexibility index (Phi) is 10.7. The number of alkyl halides is 3. The number of ether oxygens (including phenoxy) is 3. The molecule has 1 aliphatic rings. The zero-order valence-electron chi connectivity index (χ0n) is 24.3. The molecule has 1 heterocycles. The molecule has 2 atom stereocenters. The van der Waals surface area contributed by atoms with Crippen LogP contribution in [0.15, 0.2) is 111 Å². The summed E-state index contributed by atoms with van der Waals surface area (Å²) in [6.07, 6.45) is -4.96. The Morgan fingerprint density at radius 2 is 1.61 bits per heavy atom. The van der Waals surface area contributed by atoms with Gasteiger partial charge in [0.05, 0.1) is 6.61 Å². The van der Waals surface area contributed by atoms with Gasteiger partial charge >= 0.3 is 6.36 Å². The van der Waals surface area contributed by atoms with Crippen LogP contribution in [0.5, 0.6) is 11.5 Å². The summed E-state index contributed by atoms with van der Waals surface area (Å²) in [5.74, 6) is 0.104. The van der Waals surface area contributed by atoms with E-state index in [2.05, 4.69) is 41.9 Å². The van der Waals surface area contributed by atoms with Crippen LogP contribution in [0, 0.1) is 0 Å². The largest absolute Gasteiger partial charge is 0.573 e. The normalized spacial score (nSPS) is 17.6. The van der Waals surface area contributed by atoms with Crippen LogP contribution >= 0.6 is 31.9 Å². The molecule has 0 bridgehead atoms. The van der Waals surface area contributed by atoms with Crippen LogP contribution in [0.25, 0.3) is 0 Å². The summed E-state index contributed by atoms with van der Waals surface area (Å²) in [5, 5.41) is 12.0. The van der Waals surface area contributed by atoms with Crippen molar-refractivity contribution in [1.29, 1.82) is 0 Å². The molecule has 4 aromatic rings. The second-order valence-corrected chi connectivity index (χ2v) is 12.3. The number of nitrogens with one attached hydrogen (secondary N) is 1. The molecule has 0 saturated carbocycles. The molecule has 0 radical (unpaired) electrons. The van der Waals surface area contributed by atoms with Crippen LogP contribution in [0.3, 0.4) is 0 Å². The molecule has 240 valence electrons. The average molecular weight is 762 g/mol. The molecule has 12 heteroatoms. The predicted molar refractivity (Wildman–Crippen MR) is 174 cm³/mol. The van der Waals surface area contributed by atoms with Crippen molar-refractivity contribution in [2.24, 2.45) is 4.99 Å². The Balaban J connectivity index is 1.51. The molecule has 0 aliphatic carbocycles. The average Bonchev–Trinajstić information content (AvgIpc) is 3.42. The van der Waals surface area contributed by atoms with Crippen LogP contribution < -0.4 is 14.8 Å². The highest BCUT2D eigenvalue weighted by Crippen LogP contribution is 2.43. The number of carbonyl (C=O) groups is 1. The number of amides is 1. The third-order valence-corrected chi connectivity index (χ3v) is 8.53. The number of halogens is 5. The van der Waals surface area contributed by atoms with Crippen molar-refractivity contribution in [3.63, 3.8) is 0 Å². The molecule has 0 aromatic heterocycles. The van der Waals surface area contributed by atoms with Crippen LogP contribution in [0.4, 0.5) is 13.2 Å². The van der Waals surface area contributed by atoms with E-state index in [1.54, 1.807) is 24.3 Å². The lowest BCUT2D eigenvalue weighted by atomic mass is 9.82. The third kappa shape index (κ3) is 8.28. The van der Waals surface area contributed by atoms with Crippen molar-refractivity contribution < 1.29 is 37.3 Å². The Morgan fingerprint density at radius 1 is 0.935 bits per heavy atom. The number of aliphatic hydroxyl groups excluding tert-OH is 1. The summed E-state index contributed by atoms with van der Waals surface area (Å²) in [6.45, 7) is 0.423. The minimum atomic E-state index is -4.80. The van der Waals surface area contributed by atoms with E-state index >= 15 is 0 Å². The van der Waals surface area contributed by atoms with E-state index in [4.69, 9.17) is 19.6 Å². The van der Waals surface area contributed by atoms with Gasteiger partial charge in [-0.2, -0.15) is 0 Å². The molecule has 7 nitrogen and oxygen atoms in total. The summed E-state index contributed by atoms with van der Waals surface area (Å²) < 4.78 is 55.7. The number of hydrogen-bond donors (Lipinski definition) is 2. The summed E-state index contributed by atoms with van der Waals surface area (Å²) in [5.41, 5.74) is 1.29. The van der Waals surface area contributed by atoms with E-state index in [1.165, 1.54) is 24.3 Å². The van der Waals surface area contributed by atoms with E-state index in [0.717, 1.165) is 20.1 Å². The number of hydrogen-bond acceptors (Lipinski definition) is 6. The maximum absolute atomic E-state index is 14.4. The molecule has 2 N–H and O–H groups in total. The molecule has 5 rings (SSSR count). The molecular formula is C34H29Br2F3N2O5. The zero-order valence-corrected chi connectivity index (χ0v) is 27.4. The van der Waals surface area contributed by atoms with Gasteiger partial charge in [-0.15, -0.1) is 13.2 Å². The number of aliphatic hydroxyl groups is 1. The van der Waals surface area contributed by atoms with Gasteiger partial charge in [-0.3, -0.25) is 4.79 Å². The van der Waals surface area contributed by atoms with E-state index in [1.807, 2.05) is 48.5 Å². The summed E-state index contributed by atoms with van der Waals surface area (Å²) >= 11 is 7.08. The molecule has 0 fully saturated rings. The summed E-state index contributed by atoms with van der Waals surface area (Å²) in [7, 11) is 0. The fourth-order valence-corrected chi connectivity index (χ4v) is 5.69. The smallest absolute Gasteiger partial charge is 0.494 e. The highest BCUT2D eigenvalue weighted by molar-refractivity contribution is 9.10. The first-order valence-corrected chi connectivity index (χ1v) is 15.9. The molecule has 1 aliphatic heterocycles. The number of benzene rings is 4. The maximum atomic E-state index is 14.4. The second-order valence-electron chi connectivity index (χ2n) is 10.5. The van der Waals surface area contributed by atoms with Gasteiger partial charge < -0.3 is 24.6 Å². The standard InChI is InChI=1S/C34H29Br2F3N2O5/c35-26-12-8-23(9-13-26)30-33(20-25-4-1-2-5-29(25)36,32(43)40-21-22-6-14-28(15-7-22)46-34(37,38)39)41-31(45-30)24-10-16-27(17-11-24)44-19-3-18-42/h1-2,4-17,30,42H,3,18-21H2,(H,40,43)/t30-,33-/m1/s1. The molecule has 0 saturated heterocycles. The highest BCUT2D eigenvalue weighted by Gasteiger charge is 2.53. The monoisotopic (exact) mass is 760 g/mol. The molecule has 0 unspecified atom stereocenters. The van der Waals surface area contributed by atoms with Crippen molar-refractivity contribution in [2.45, 2.75) is 37.4 Å². The van der Waals surface area contributed by atoms with Crippen LogP contribution in [0.2, 0.25) is 0 Å². The molecule has 46 heavy (non-hydrogen) atoms. The van der Waals surface area contributed by atoms with E-state index in [0.29, 0.717) is 29.9 Å². The van der Waals surface area contributed by atoms with Gasteiger partial charge in [0.25, 0.3) is 5.91 Å². The molecule has 1 amide bonds. The van der Waals surface area contributed by atoms with Gasteiger partial charge in [0.1, 0.15) is 11.5 Å². The summed E-state index contributed by atoms with van der Waals surface area (Å²) in [4.78, 5) is 19.4. The Bertz CT molecular complexity index is 1670. The number of nitrogens with zero attached hydrogens (tertiary/aromatic N) is 1. The van der Waals surface area contributed by atoms with Gasteiger partial charge in [0.2, 0.25) is 5.90 Å². The predicted octanol–water partition coefficient (Wildman–Crippen LogP) is 7.69. The van der Waals surface area contributed by atoms with Crippen molar-refractivity contribution in [2.75, 3.05) is 13.2 Å². The Morgan fingerprint density at radius 3 is 2.26 bits per heavy atom. The Hall–Kier alpha value is -3.87. The van der Waals surface area contributed by atoms with Crippen molar-refractivity contribution in [3.8, 4) is 11.5 Å². The summed E-state index contributed by atoms with van der Waals surface area (Å²) in [6, 6.07) is 27.4. The van der Waals surface area contributed by atoms with Crippen molar-refractivity contribution in [1.82, 2.24) is 5.32 Å². The minimum Gasteiger partial charge on any atom is -0.494 e. The fourth-order valence-electron chi connectivity index (χ4n) is 5.00. The lowest BCUT2D eigenvalue weighted by Gasteiger charge is -2.31. The Labute approximate surface area is 280 Å². The van der Waals surface area contributed by atoms with Crippen molar-refractivity contribution in [3.05, 3.63) is 128 Å². The van der Waals surface area contributed by atoms with Gasteiger partial charge in [-0.25, -0.2) is 4.99 Å². The number of rotatable bonds is 12. The number of aliphatic imine (C=N–C) groups is 1. The fraction of sp³-hybridized carbons (Fsp3) is 0.235. The van der Waals surface area contributed by atoms with Gasteiger partial charge in [-0.1, -0.05) is 74.3 Å². The minimum absolute atomic E-state index is 0.0274. The van der Waals surface area contributed by atoms with E-state index in [9.17, 15) is 18.0 Å². The molecule has 4 aromatic carbocycles. The van der Waals surface area contributed by atoms with Crippen molar-refractivity contribution >= 4 is 43.7 Å². The van der Waals surface area contributed by atoms with Gasteiger partial charge in [0.15, 0.2) is 11.6 Å². The topological polar surface area (TPSA) is 89.4 Å². The zero-order chi connectivity index (χ0) is 32.7. The van der Waals surface area contributed by atoms with Crippen LogP contribution in [-0.2, 0) is 22.5 Å². The highest BCUT2D eigenvalue weighted by atomic mass is 79.9. The lowest BCUT2D eigenvalue weighted by molar-refractivity contribution is -0.274. The first kappa shape index (κ1) is 33.5. The third-order valence-electron chi connectivity index (χ3n) is 7.23. The van der Waals surface area contributed by atoms with Gasteiger partial charge in [0, 0.05) is 40.5 Å². The number of carbonyl (C=O) groups excluding carboxylic acids is 1. The van der Waals surface area contributed by atoms with E-state index in [-0.39, 0.29) is 31.2 Å².